The van der Waals surface area contributed by atoms with Crippen molar-refractivity contribution in [1.82, 2.24) is 5.32 Å². The summed E-state index contributed by atoms with van der Waals surface area (Å²) in [5.74, 6) is 2.69. The maximum Gasteiger partial charge on any atom is 0.122 e. The van der Waals surface area contributed by atoms with E-state index in [0.717, 1.165) is 18.3 Å². The van der Waals surface area contributed by atoms with Crippen molar-refractivity contribution in [3.8, 4) is 5.75 Å². The first-order valence-electron chi connectivity index (χ1n) is 6.86. The van der Waals surface area contributed by atoms with Crippen LogP contribution in [-0.2, 0) is 0 Å². The lowest BCUT2D eigenvalue weighted by Crippen LogP contribution is -2.31. The van der Waals surface area contributed by atoms with Crippen LogP contribution in [0.2, 0.25) is 0 Å². The minimum absolute atomic E-state index is 0.713. The van der Waals surface area contributed by atoms with E-state index in [1.165, 1.54) is 44.3 Å². The third-order valence-electron chi connectivity index (χ3n) is 4.10. The minimum Gasteiger partial charge on any atom is -0.493 e. The van der Waals surface area contributed by atoms with E-state index < -0.39 is 0 Å². The summed E-state index contributed by atoms with van der Waals surface area (Å²) in [7, 11) is 0. The number of rotatable bonds is 2. The van der Waals surface area contributed by atoms with Crippen LogP contribution in [0.5, 0.6) is 5.75 Å². The second-order valence-corrected chi connectivity index (χ2v) is 5.32. The van der Waals surface area contributed by atoms with Gasteiger partial charge in [-0.2, -0.15) is 0 Å². The van der Waals surface area contributed by atoms with Gasteiger partial charge in [0.25, 0.3) is 0 Å². The van der Waals surface area contributed by atoms with Crippen LogP contribution in [0, 0.1) is 5.92 Å². The van der Waals surface area contributed by atoms with Crippen molar-refractivity contribution in [3.63, 3.8) is 0 Å². The van der Waals surface area contributed by atoms with Gasteiger partial charge in [0.1, 0.15) is 5.75 Å². The molecule has 0 spiro atoms. The fraction of sp³-hybridized carbons (Fsp3) is 0.600. The highest BCUT2D eigenvalue weighted by Crippen LogP contribution is 2.38. The first-order chi connectivity index (χ1) is 8.43. The van der Waals surface area contributed by atoms with Crippen LogP contribution < -0.4 is 10.1 Å². The van der Waals surface area contributed by atoms with E-state index in [4.69, 9.17) is 4.74 Å². The van der Waals surface area contributed by atoms with Crippen molar-refractivity contribution in [2.24, 2.45) is 5.92 Å². The van der Waals surface area contributed by atoms with Gasteiger partial charge >= 0.3 is 0 Å². The number of hydrogen-bond acceptors (Lipinski definition) is 2. The Morgan fingerprint density at radius 1 is 1.24 bits per heavy atom. The molecule has 0 aromatic heterocycles. The van der Waals surface area contributed by atoms with Crippen molar-refractivity contribution in [2.75, 3.05) is 19.7 Å². The largest absolute Gasteiger partial charge is 0.493 e. The molecule has 2 heterocycles. The van der Waals surface area contributed by atoms with Crippen molar-refractivity contribution < 1.29 is 4.74 Å². The Labute approximate surface area is 103 Å². The van der Waals surface area contributed by atoms with E-state index >= 15 is 0 Å². The molecular weight excluding hydrogens is 210 g/mol. The van der Waals surface area contributed by atoms with Crippen molar-refractivity contribution in [3.05, 3.63) is 29.8 Å². The number of nitrogens with one attached hydrogen (secondary N) is 1. The Bertz CT molecular complexity index is 371. The predicted octanol–water partition coefficient (Wildman–Crippen LogP) is 2.94. The van der Waals surface area contributed by atoms with E-state index in [-0.39, 0.29) is 0 Å². The maximum atomic E-state index is 5.73. The van der Waals surface area contributed by atoms with Gasteiger partial charge in [0, 0.05) is 0 Å². The molecule has 0 saturated carbocycles. The topological polar surface area (TPSA) is 21.3 Å². The number of fused-ring (bicyclic) bond motifs is 1. The molecule has 1 aromatic carbocycles. The monoisotopic (exact) mass is 231 g/mol. The van der Waals surface area contributed by atoms with E-state index in [0.29, 0.717) is 5.92 Å². The fourth-order valence-corrected chi connectivity index (χ4v) is 3.19. The zero-order chi connectivity index (χ0) is 11.5. The summed E-state index contributed by atoms with van der Waals surface area (Å²) >= 11 is 0. The quantitative estimate of drug-likeness (QED) is 0.845. The van der Waals surface area contributed by atoms with Gasteiger partial charge in [0.15, 0.2) is 0 Å². The average molecular weight is 231 g/mol. The van der Waals surface area contributed by atoms with Gasteiger partial charge < -0.3 is 10.1 Å². The zero-order valence-corrected chi connectivity index (χ0v) is 10.3. The van der Waals surface area contributed by atoms with Crippen molar-refractivity contribution >= 4 is 0 Å². The highest BCUT2D eigenvalue weighted by atomic mass is 16.5. The Morgan fingerprint density at radius 3 is 3.06 bits per heavy atom. The van der Waals surface area contributed by atoms with E-state index in [2.05, 4.69) is 29.6 Å². The zero-order valence-electron chi connectivity index (χ0n) is 10.3. The third-order valence-corrected chi connectivity index (χ3v) is 4.10. The van der Waals surface area contributed by atoms with E-state index in [1.54, 1.807) is 0 Å². The van der Waals surface area contributed by atoms with Crippen LogP contribution in [-0.4, -0.2) is 19.7 Å². The Morgan fingerprint density at radius 2 is 2.18 bits per heavy atom. The van der Waals surface area contributed by atoms with E-state index in [9.17, 15) is 0 Å². The maximum absolute atomic E-state index is 5.73. The van der Waals surface area contributed by atoms with Gasteiger partial charge in [0.2, 0.25) is 0 Å². The summed E-state index contributed by atoms with van der Waals surface area (Å²) in [5.41, 5.74) is 1.43. The van der Waals surface area contributed by atoms with Crippen LogP contribution in [0.4, 0.5) is 0 Å². The van der Waals surface area contributed by atoms with Gasteiger partial charge in [-0.1, -0.05) is 18.2 Å². The Kier molecular flexibility index (Phi) is 3.32. The molecule has 2 atom stereocenters. The molecule has 1 saturated heterocycles. The van der Waals surface area contributed by atoms with Gasteiger partial charge in [-0.05, 0) is 62.2 Å². The van der Waals surface area contributed by atoms with Crippen LogP contribution >= 0.6 is 0 Å². The first-order valence-corrected chi connectivity index (χ1v) is 6.86. The molecule has 0 bridgehead atoms. The fourth-order valence-electron chi connectivity index (χ4n) is 3.19. The van der Waals surface area contributed by atoms with Crippen molar-refractivity contribution in [1.29, 1.82) is 0 Å². The van der Waals surface area contributed by atoms with Crippen LogP contribution in [0.3, 0.4) is 0 Å². The molecule has 2 unspecified atom stereocenters. The molecule has 2 heteroatoms. The summed E-state index contributed by atoms with van der Waals surface area (Å²) in [6.45, 7) is 3.31. The van der Waals surface area contributed by atoms with Gasteiger partial charge in [-0.25, -0.2) is 0 Å². The molecule has 1 aromatic rings. The molecule has 1 fully saturated rings. The van der Waals surface area contributed by atoms with Gasteiger partial charge in [-0.15, -0.1) is 0 Å². The third kappa shape index (κ3) is 2.47. The Hall–Kier alpha value is -1.02. The van der Waals surface area contributed by atoms with Gasteiger partial charge in [0.05, 0.1) is 6.61 Å². The number of hydrogen-bond donors (Lipinski definition) is 1. The molecule has 0 aliphatic carbocycles. The minimum atomic E-state index is 0.713. The summed E-state index contributed by atoms with van der Waals surface area (Å²) in [4.78, 5) is 0. The SMILES string of the molecule is c1ccc2c(c1)OCCC2CC1CCCNC1. The molecule has 1 N–H and O–H groups in total. The number of ether oxygens (including phenoxy) is 1. The van der Waals surface area contributed by atoms with Crippen LogP contribution in [0.15, 0.2) is 24.3 Å². The molecular formula is C15H21NO. The first kappa shape index (κ1) is 11.1. The lowest BCUT2D eigenvalue weighted by atomic mass is 9.82. The number of para-hydroxylation sites is 1. The summed E-state index contributed by atoms with van der Waals surface area (Å²) in [5, 5.41) is 3.52. The lowest BCUT2D eigenvalue weighted by molar-refractivity contribution is 0.241. The molecule has 2 aliphatic rings. The summed E-state index contributed by atoms with van der Waals surface area (Å²) in [6, 6.07) is 8.57. The lowest BCUT2D eigenvalue weighted by Gasteiger charge is -2.31. The molecule has 3 rings (SSSR count). The molecule has 0 radical (unpaired) electrons. The Balaban J connectivity index is 1.71. The highest BCUT2D eigenvalue weighted by molar-refractivity contribution is 5.37. The second kappa shape index (κ2) is 5.09. The molecule has 2 nitrogen and oxygen atoms in total. The predicted molar refractivity (Wildman–Crippen MR) is 69.5 cm³/mol. The summed E-state index contributed by atoms with van der Waals surface area (Å²) in [6.07, 6.45) is 5.25. The normalized spacial score (nSPS) is 28.2. The molecule has 0 amide bonds. The highest BCUT2D eigenvalue weighted by Gasteiger charge is 2.24. The smallest absolute Gasteiger partial charge is 0.122 e. The number of piperidine rings is 1. The number of benzene rings is 1. The van der Waals surface area contributed by atoms with Gasteiger partial charge in [-0.3, -0.25) is 0 Å². The van der Waals surface area contributed by atoms with E-state index in [1.807, 2.05) is 0 Å². The summed E-state index contributed by atoms with van der Waals surface area (Å²) < 4.78 is 5.73. The average Bonchev–Trinajstić information content (AvgIpc) is 2.40. The van der Waals surface area contributed by atoms with Crippen LogP contribution in [0.25, 0.3) is 0 Å². The molecule has 2 aliphatic heterocycles. The standard InChI is InChI=1S/C15H21NO/c1-2-6-15-14(5-1)13(7-9-17-15)10-12-4-3-8-16-11-12/h1-2,5-6,12-13,16H,3-4,7-11H2. The van der Waals surface area contributed by atoms with Crippen LogP contribution in [0.1, 0.15) is 37.2 Å². The molecule has 92 valence electrons. The molecule has 17 heavy (non-hydrogen) atoms. The second-order valence-electron chi connectivity index (χ2n) is 5.32. The van der Waals surface area contributed by atoms with Crippen molar-refractivity contribution in [2.45, 2.75) is 31.6 Å².